The molecule has 0 aliphatic heterocycles. The van der Waals surface area contributed by atoms with Gasteiger partial charge < -0.3 is 11.5 Å². The fraction of sp³-hybridized carbons (Fsp3) is 1.00. The van der Waals surface area contributed by atoms with Crippen molar-refractivity contribution >= 4 is 0 Å². The molecule has 112 valence electrons. The second kappa shape index (κ2) is 6.00. The van der Waals surface area contributed by atoms with E-state index in [4.69, 9.17) is 11.5 Å². The molecule has 2 aliphatic rings. The third-order valence-electron chi connectivity index (χ3n) is 4.97. The molecular formula is C14H25F3N2. The molecule has 0 aromatic rings. The van der Waals surface area contributed by atoms with Crippen LogP contribution >= 0.6 is 0 Å². The van der Waals surface area contributed by atoms with Crippen LogP contribution in [0.2, 0.25) is 0 Å². The van der Waals surface area contributed by atoms with Gasteiger partial charge in [0, 0.05) is 12.1 Å². The minimum atomic E-state index is -4.11. The van der Waals surface area contributed by atoms with Crippen LogP contribution < -0.4 is 11.5 Å². The van der Waals surface area contributed by atoms with Crippen molar-refractivity contribution in [1.82, 2.24) is 0 Å². The van der Waals surface area contributed by atoms with Crippen molar-refractivity contribution in [3.8, 4) is 0 Å². The van der Waals surface area contributed by atoms with Crippen molar-refractivity contribution in [2.75, 3.05) is 0 Å². The van der Waals surface area contributed by atoms with Crippen molar-refractivity contribution in [2.24, 2.45) is 29.2 Å². The molecule has 0 aromatic heterocycles. The normalized spacial score (nSPS) is 41.8. The summed E-state index contributed by atoms with van der Waals surface area (Å²) < 4.78 is 38.8. The summed E-state index contributed by atoms with van der Waals surface area (Å²) in [7, 11) is 0. The Morgan fingerprint density at radius 3 is 2.21 bits per heavy atom. The average Bonchev–Trinajstić information content (AvgIpc) is 2.52. The summed E-state index contributed by atoms with van der Waals surface area (Å²) in [4.78, 5) is 0. The maximum Gasteiger partial charge on any atom is 0.391 e. The van der Waals surface area contributed by atoms with E-state index in [-0.39, 0.29) is 36.8 Å². The van der Waals surface area contributed by atoms with Crippen molar-refractivity contribution in [2.45, 2.75) is 69.6 Å². The lowest BCUT2D eigenvalue weighted by molar-refractivity contribution is -0.189. The number of hydrogen-bond acceptors (Lipinski definition) is 2. The van der Waals surface area contributed by atoms with Crippen LogP contribution in [-0.2, 0) is 0 Å². The van der Waals surface area contributed by atoms with Crippen molar-refractivity contribution in [3.63, 3.8) is 0 Å². The Morgan fingerprint density at radius 2 is 1.53 bits per heavy atom. The molecule has 0 aromatic carbocycles. The van der Waals surface area contributed by atoms with Gasteiger partial charge in [0.2, 0.25) is 0 Å². The summed E-state index contributed by atoms with van der Waals surface area (Å²) in [5.74, 6) is -0.932. The second-order valence-corrected chi connectivity index (χ2v) is 6.43. The van der Waals surface area contributed by atoms with Gasteiger partial charge in [0.25, 0.3) is 0 Å². The van der Waals surface area contributed by atoms with Crippen LogP contribution in [0, 0.1) is 17.8 Å². The Labute approximate surface area is 113 Å². The number of hydrogen-bond donors (Lipinski definition) is 2. The molecular weight excluding hydrogens is 253 g/mol. The largest absolute Gasteiger partial charge is 0.391 e. The standard InChI is InChI=1S/C14H25F3N2/c15-14(16,17)10-6-9(7-11(18)8-10)12-4-2-1-3-5-13(12)19/h9-13H,1-8,18-19H2. The summed E-state index contributed by atoms with van der Waals surface area (Å²) in [6.07, 6.45) is 2.22. The van der Waals surface area contributed by atoms with Gasteiger partial charge in [0.05, 0.1) is 5.92 Å². The Kier molecular flexibility index (Phi) is 4.77. The van der Waals surface area contributed by atoms with E-state index in [0.29, 0.717) is 6.42 Å². The van der Waals surface area contributed by atoms with E-state index >= 15 is 0 Å². The highest BCUT2D eigenvalue weighted by Gasteiger charge is 2.46. The van der Waals surface area contributed by atoms with E-state index in [1.807, 2.05) is 0 Å². The van der Waals surface area contributed by atoms with Crippen LogP contribution in [0.25, 0.3) is 0 Å². The summed E-state index contributed by atoms with van der Waals surface area (Å²) in [6, 6.07) is -0.257. The fourth-order valence-corrected chi connectivity index (χ4v) is 3.98. The molecule has 2 fully saturated rings. The van der Waals surface area contributed by atoms with Gasteiger partial charge in [-0.25, -0.2) is 0 Å². The van der Waals surface area contributed by atoms with E-state index in [1.165, 1.54) is 0 Å². The van der Waals surface area contributed by atoms with Gasteiger partial charge in [-0.2, -0.15) is 13.2 Å². The lowest BCUT2D eigenvalue weighted by atomic mass is 9.69. The van der Waals surface area contributed by atoms with Gasteiger partial charge in [-0.3, -0.25) is 0 Å². The summed E-state index contributed by atoms with van der Waals surface area (Å²) in [5, 5.41) is 0. The van der Waals surface area contributed by atoms with Crippen LogP contribution in [0.4, 0.5) is 13.2 Å². The molecule has 0 amide bonds. The molecule has 5 heteroatoms. The number of rotatable bonds is 1. The predicted molar refractivity (Wildman–Crippen MR) is 69.4 cm³/mol. The SMILES string of the molecule is NC1CC(C2CCCCCC2N)CC(C(F)(F)F)C1. The molecule has 4 N–H and O–H groups in total. The predicted octanol–water partition coefficient (Wildman–Crippen LogP) is 3.20. The average molecular weight is 278 g/mol. The Hall–Kier alpha value is -0.290. The zero-order valence-corrected chi connectivity index (χ0v) is 11.3. The summed E-state index contributed by atoms with van der Waals surface area (Å²) >= 11 is 0. The monoisotopic (exact) mass is 278 g/mol. The van der Waals surface area contributed by atoms with Gasteiger partial charge in [-0.15, -0.1) is 0 Å². The first kappa shape index (κ1) is 15.1. The van der Waals surface area contributed by atoms with E-state index in [1.54, 1.807) is 0 Å². The van der Waals surface area contributed by atoms with Crippen LogP contribution in [-0.4, -0.2) is 18.3 Å². The zero-order valence-electron chi connectivity index (χ0n) is 11.3. The van der Waals surface area contributed by atoms with E-state index in [2.05, 4.69) is 0 Å². The van der Waals surface area contributed by atoms with Gasteiger partial charge in [-0.05, 0) is 43.9 Å². The molecule has 5 unspecified atom stereocenters. The van der Waals surface area contributed by atoms with Gasteiger partial charge in [0.1, 0.15) is 0 Å². The van der Waals surface area contributed by atoms with E-state index in [9.17, 15) is 13.2 Å². The molecule has 2 aliphatic carbocycles. The molecule has 0 spiro atoms. The summed E-state index contributed by atoms with van der Waals surface area (Å²) in [6.45, 7) is 0. The molecule has 19 heavy (non-hydrogen) atoms. The molecule has 2 saturated carbocycles. The zero-order chi connectivity index (χ0) is 14.0. The molecule has 2 rings (SSSR count). The van der Waals surface area contributed by atoms with Crippen molar-refractivity contribution in [3.05, 3.63) is 0 Å². The Balaban J connectivity index is 2.05. The molecule has 2 nitrogen and oxygen atoms in total. The first-order valence-corrected chi connectivity index (χ1v) is 7.45. The maximum atomic E-state index is 12.9. The topological polar surface area (TPSA) is 52.0 Å². The van der Waals surface area contributed by atoms with Gasteiger partial charge in [0.15, 0.2) is 0 Å². The molecule has 0 saturated heterocycles. The maximum absolute atomic E-state index is 12.9. The van der Waals surface area contributed by atoms with E-state index < -0.39 is 12.1 Å². The third-order valence-corrected chi connectivity index (χ3v) is 4.97. The number of nitrogens with two attached hydrogens (primary N) is 2. The quantitative estimate of drug-likeness (QED) is 0.724. The van der Waals surface area contributed by atoms with Crippen LogP contribution in [0.1, 0.15) is 51.4 Å². The highest BCUT2D eigenvalue weighted by atomic mass is 19.4. The fourth-order valence-electron chi connectivity index (χ4n) is 3.98. The van der Waals surface area contributed by atoms with Crippen LogP contribution in [0.15, 0.2) is 0 Å². The minimum absolute atomic E-state index is 0.0588. The first-order valence-electron chi connectivity index (χ1n) is 7.45. The van der Waals surface area contributed by atoms with Gasteiger partial charge >= 0.3 is 6.18 Å². The molecule has 0 radical (unpaired) electrons. The van der Waals surface area contributed by atoms with Crippen LogP contribution in [0.5, 0.6) is 0 Å². The summed E-state index contributed by atoms with van der Waals surface area (Å²) in [5.41, 5.74) is 12.1. The van der Waals surface area contributed by atoms with Crippen LogP contribution in [0.3, 0.4) is 0 Å². The Bertz CT molecular complexity index is 293. The van der Waals surface area contributed by atoms with Crippen molar-refractivity contribution < 1.29 is 13.2 Å². The Morgan fingerprint density at radius 1 is 0.842 bits per heavy atom. The highest BCUT2D eigenvalue weighted by molar-refractivity contribution is 4.91. The van der Waals surface area contributed by atoms with Crippen molar-refractivity contribution in [1.29, 1.82) is 0 Å². The number of halogens is 3. The molecule has 5 atom stereocenters. The lowest BCUT2D eigenvalue weighted by Crippen LogP contribution is -2.44. The minimum Gasteiger partial charge on any atom is -0.328 e. The molecule has 0 heterocycles. The third kappa shape index (κ3) is 3.85. The molecule has 0 bridgehead atoms. The lowest BCUT2D eigenvalue weighted by Gasteiger charge is -2.40. The second-order valence-electron chi connectivity index (χ2n) is 6.43. The first-order chi connectivity index (χ1) is 8.88. The number of alkyl halides is 3. The highest BCUT2D eigenvalue weighted by Crippen LogP contribution is 2.44. The van der Waals surface area contributed by atoms with E-state index in [0.717, 1.165) is 32.1 Å². The smallest absolute Gasteiger partial charge is 0.328 e. The van der Waals surface area contributed by atoms with Gasteiger partial charge in [-0.1, -0.05) is 19.3 Å².